The number of rotatable bonds is 5. The third-order valence-corrected chi connectivity index (χ3v) is 6.91. The Morgan fingerprint density at radius 2 is 1.96 bits per heavy atom. The van der Waals surface area contributed by atoms with Gasteiger partial charge in [-0.2, -0.15) is 0 Å². The molecule has 1 amide bonds. The van der Waals surface area contributed by atoms with E-state index in [-0.39, 0.29) is 18.3 Å². The smallest absolute Gasteiger partial charge is 0.316 e. The number of aromatic nitrogens is 2. The third-order valence-electron chi connectivity index (χ3n) is 4.84. The SMILES string of the molecule is Cc1sc2ncnc(SCC(=O)OCC(=O)N3C[C@H](C)C[C@H](C)C3)c2c1C. The molecule has 0 spiro atoms. The van der Waals surface area contributed by atoms with E-state index < -0.39 is 5.97 Å². The van der Waals surface area contributed by atoms with Gasteiger partial charge >= 0.3 is 5.97 Å². The van der Waals surface area contributed by atoms with Crippen LogP contribution in [0, 0.1) is 25.7 Å². The zero-order chi connectivity index (χ0) is 19.6. The Morgan fingerprint density at radius 1 is 1.26 bits per heavy atom. The first-order valence-electron chi connectivity index (χ1n) is 9.12. The zero-order valence-corrected chi connectivity index (χ0v) is 17.8. The highest BCUT2D eigenvalue weighted by molar-refractivity contribution is 8.00. The average Bonchev–Trinajstić information content (AvgIpc) is 2.91. The van der Waals surface area contributed by atoms with Crippen LogP contribution in [-0.2, 0) is 14.3 Å². The van der Waals surface area contributed by atoms with Crippen LogP contribution in [0.3, 0.4) is 0 Å². The highest BCUT2D eigenvalue weighted by Gasteiger charge is 2.26. The molecule has 146 valence electrons. The molecular weight excluding hydrogens is 382 g/mol. The second kappa shape index (κ2) is 8.56. The Balaban J connectivity index is 1.52. The number of hydrogen-bond donors (Lipinski definition) is 0. The van der Waals surface area contributed by atoms with E-state index in [9.17, 15) is 9.59 Å². The quantitative estimate of drug-likeness (QED) is 0.429. The van der Waals surface area contributed by atoms with Gasteiger partial charge in [-0.1, -0.05) is 25.6 Å². The van der Waals surface area contributed by atoms with Crippen molar-refractivity contribution in [3.05, 3.63) is 16.8 Å². The molecule has 2 aromatic rings. The second-order valence-electron chi connectivity index (χ2n) is 7.34. The summed E-state index contributed by atoms with van der Waals surface area (Å²) in [4.78, 5) is 37.0. The monoisotopic (exact) mass is 407 g/mol. The number of piperidine rings is 1. The third kappa shape index (κ3) is 4.79. The van der Waals surface area contributed by atoms with Crippen LogP contribution in [0.4, 0.5) is 0 Å². The largest absolute Gasteiger partial charge is 0.455 e. The molecule has 0 bridgehead atoms. The summed E-state index contributed by atoms with van der Waals surface area (Å²) >= 11 is 2.96. The first-order chi connectivity index (χ1) is 12.8. The van der Waals surface area contributed by atoms with E-state index in [4.69, 9.17) is 4.74 Å². The van der Waals surface area contributed by atoms with Crippen LogP contribution in [0.5, 0.6) is 0 Å². The number of fused-ring (bicyclic) bond motifs is 1. The molecule has 6 nitrogen and oxygen atoms in total. The van der Waals surface area contributed by atoms with Crippen molar-refractivity contribution < 1.29 is 14.3 Å². The molecule has 3 heterocycles. The summed E-state index contributed by atoms with van der Waals surface area (Å²) in [7, 11) is 0. The Bertz CT molecular complexity index is 842. The standard InChI is InChI=1S/C19H25N3O3S2/c1-11-5-12(2)7-22(6-11)15(23)8-25-16(24)9-26-18-17-13(3)14(4)27-19(17)21-10-20-18/h10-12H,5-9H2,1-4H3/t11-,12+. The molecule has 27 heavy (non-hydrogen) atoms. The van der Waals surface area contributed by atoms with Crippen molar-refractivity contribution in [1.82, 2.24) is 14.9 Å². The topological polar surface area (TPSA) is 72.4 Å². The van der Waals surface area contributed by atoms with Gasteiger partial charge in [-0.25, -0.2) is 9.97 Å². The summed E-state index contributed by atoms with van der Waals surface area (Å²) < 4.78 is 5.20. The van der Waals surface area contributed by atoms with Gasteiger partial charge in [0, 0.05) is 23.4 Å². The number of ether oxygens (including phenoxy) is 1. The first kappa shape index (κ1) is 20.1. The molecule has 0 N–H and O–H groups in total. The fourth-order valence-corrected chi connectivity index (χ4v) is 5.44. The van der Waals surface area contributed by atoms with E-state index in [0.717, 1.165) is 40.3 Å². The van der Waals surface area contributed by atoms with Crippen LogP contribution < -0.4 is 0 Å². The minimum absolute atomic E-state index is 0.111. The van der Waals surface area contributed by atoms with Gasteiger partial charge in [0.1, 0.15) is 16.2 Å². The lowest BCUT2D eigenvalue weighted by Crippen LogP contribution is -2.44. The molecule has 3 rings (SSSR count). The van der Waals surface area contributed by atoms with Gasteiger partial charge in [-0.15, -0.1) is 11.3 Å². The Kier molecular flexibility index (Phi) is 6.37. The molecule has 2 atom stereocenters. The van der Waals surface area contributed by atoms with Crippen molar-refractivity contribution >= 4 is 45.2 Å². The molecule has 2 aromatic heterocycles. The molecule has 0 saturated carbocycles. The van der Waals surface area contributed by atoms with E-state index in [0.29, 0.717) is 11.8 Å². The predicted molar refractivity (Wildman–Crippen MR) is 108 cm³/mol. The normalized spacial score (nSPS) is 20.1. The number of thiophene rings is 1. The highest BCUT2D eigenvalue weighted by atomic mass is 32.2. The lowest BCUT2D eigenvalue weighted by atomic mass is 9.92. The van der Waals surface area contributed by atoms with E-state index >= 15 is 0 Å². The van der Waals surface area contributed by atoms with Crippen molar-refractivity contribution in [3.8, 4) is 0 Å². The number of aryl methyl sites for hydroxylation is 2. The van der Waals surface area contributed by atoms with Crippen molar-refractivity contribution in [2.75, 3.05) is 25.4 Å². The van der Waals surface area contributed by atoms with Crippen LogP contribution in [-0.4, -0.2) is 52.2 Å². The summed E-state index contributed by atoms with van der Waals surface area (Å²) in [6.07, 6.45) is 2.66. The van der Waals surface area contributed by atoms with Crippen LogP contribution >= 0.6 is 23.1 Å². The Hall–Kier alpha value is -1.67. The van der Waals surface area contributed by atoms with Gasteiger partial charge in [-0.05, 0) is 37.7 Å². The Morgan fingerprint density at radius 3 is 2.67 bits per heavy atom. The summed E-state index contributed by atoms with van der Waals surface area (Å²) in [5, 5.41) is 1.79. The molecule has 0 aromatic carbocycles. The minimum Gasteiger partial charge on any atom is -0.455 e. The number of likely N-dealkylation sites (tertiary alicyclic amines) is 1. The van der Waals surface area contributed by atoms with Crippen LogP contribution in [0.1, 0.15) is 30.7 Å². The number of amides is 1. The lowest BCUT2D eigenvalue weighted by molar-refractivity contribution is -0.151. The van der Waals surface area contributed by atoms with Crippen molar-refractivity contribution in [1.29, 1.82) is 0 Å². The molecule has 1 aliphatic rings. The van der Waals surface area contributed by atoms with Gasteiger partial charge in [0.05, 0.1) is 5.75 Å². The zero-order valence-electron chi connectivity index (χ0n) is 16.2. The van der Waals surface area contributed by atoms with Crippen LogP contribution in [0.2, 0.25) is 0 Å². The van der Waals surface area contributed by atoms with Crippen LogP contribution in [0.25, 0.3) is 10.2 Å². The second-order valence-corrected chi connectivity index (χ2v) is 9.50. The molecule has 1 fully saturated rings. The van der Waals surface area contributed by atoms with Gasteiger partial charge in [0.25, 0.3) is 5.91 Å². The molecule has 0 aliphatic carbocycles. The maximum absolute atomic E-state index is 12.3. The number of thioether (sulfide) groups is 1. The highest BCUT2D eigenvalue weighted by Crippen LogP contribution is 2.34. The minimum atomic E-state index is -0.400. The Labute approximate surface area is 167 Å². The molecular formula is C19H25N3O3S2. The van der Waals surface area contributed by atoms with Crippen molar-refractivity contribution in [2.45, 2.75) is 39.1 Å². The lowest BCUT2D eigenvalue weighted by Gasteiger charge is -2.34. The van der Waals surface area contributed by atoms with E-state index in [1.54, 1.807) is 11.3 Å². The van der Waals surface area contributed by atoms with Gasteiger partial charge in [-0.3, -0.25) is 9.59 Å². The van der Waals surface area contributed by atoms with Crippen LogP contribution in [0.15, 0.2) is 11.4 Å². The number of esters is 1. The fraction of sp³-hybridized carbons (Fsp3) is 0.579. The average molecular weight is 408 g/mol. The summed E-state index contributed by atoms with van der Waals surface area (Å²) in [5.41, 5.74) is 1.15. The maximum atomic E-state index is 12.3. The van der Waals surface area contributed by atoms with Gasteiger partial charge in [0.15, 0.2) is 6.61 Å². The van der Waals surface area contributed by atoms with Crippen molar-refractivity contribution in [3.63, 3.8) is 0 Å². The molecule has 1 saturated heterocycles. The maximum Gasteiger partial charge on any atom is 0.316 e. The molecule has 0 unspecified atom stereocenters. The summed E-state index contributed by atoms with van der Waals surface area (Å²) in [6, 6.07) is 0. The fourth-order valence-electron chi connectivity index (χ4n) is 3.53. The number of hydrogen-bond acceptors (Lipinski definition) is 7. The van der Waals surface area contributed by atoms with Gasteiger partial charge in [0.2, 0.25) is 0 Å². The van der Waals surface area contributed by atoms with E-state index in [2.05, 4.69) is 30.7 Å². The summed E-state index contributed by atoms with van der Waals surface area (Å²) in [5.74, 6) is 0.590. The first-order valence-corrected chi connectivity index (χ1v) is 10.9. The van der Waals surface area contributed by atoms with Crippen molar-refractivity contribution in [2.24, 2.45) is 11.8 Å². The molecule has 0 radical (unpaired) electrons. The predicted octanol–water partition coefficient (Wildman–Crippen LogP) is 3.45. The summed E-state index contributed by atoms with van der Waals surface area (Å²) in [6.45, 7) is 9.69. The molecule has 1 aliphatic heterocycles. The van der Waals surface area contributed by atoms with E-state index in [1.807, 2.05) is 11.8 Å². The number of nitrogens with zero attached hydrogens (tertiary/aromatic N) is 3. The van der Waals surface area contributed by atoms with E-state index in [1.165, 1.54) is 23.0 Å². The van der Waals surface area contributed by atoms with Gasteiger partial charge < -0.3 is 9.64 Å². The number of carbonyl (C=O) groups excluding carboxylic acids is 2. The molecule has 8 heteroatoms. The number of carbonyl (C=O) groups is 2.